The Morgan fingerprint density at radius 1 is 1.26 bits per heavy atom. The molecule has 2 rings (SSSR count). The standard InChI is InChI=1S/C16H29BO2/c1-12-7-9-14(10-8-12)13(2)11-17-18-15(3,4)16(5,6)19-17/h7,13-14H,8-11H2,1-6H3. The van der Waals surface area contributed by atoms with Crippen molar-refractivity contribution >= 4 is 7.12 Å². The third kappa shape index (κ3) is 3.25. The summed E-state index contributed by atoms with van der Waals surface area (Å²) >= 11 is 0. The van der Waals surface area contributed by atoms with Crippen LogP contribution in [0.25, 0.3) is 0 Å². The van der Waals surface area contributed by atoms with Crippen molar-refractivity contribution in [2.45, 2.75) is 78.3 Å². The van der Waals surface area contributed by atoms with Crippen molar-refractivity contribution in [2.24, 2.45) is 11.8 Å². The first-order valence-corrected chi connectivity index (χ1v) is 7.72. The molecular formula is C16H29BO2. The smallest absolute Gasteiger partial charge is 0.403 e. The predicted octanol–water partition coefficient (Wildman–Crippen LogP) is 4.46. The molecule has 0 aromatic rings. The minimum absolute atomic E-state index is 0.0352. The Labute approximate surface area is 119 Å². The van der Waals surface area contributed by atoms with Gasteiger partial charge in [0.1, 0.15) is 0 Å². The van der Waals surface area contributed by atoms with Crippen LogP contribution in [0.3, 0.4) is 0 Å². The number of allylic oxidation sites excluding steroid dienone is 2. The van der Waals surface area contributed by atoms with E-state index in [2.05, 4.69) is 47.6 Å². The highest BCUT2D eigenvalue weighted by Crippen LogP contribution is 2.40. The first kappa shape index (κ1) is 15.1. The van der Waals surface area contributed by atoms with Gasteiger partial charge in [-0.2, -0.15) is 0 Å². The van der Waals surface area contributed by atoms with Gasteiger partial charge in [0.05, 0.1) is 11.2 Å². The second-order valence-corrected chi connectivity index (χ2v) is 7.48. The van der Waals surface area contributed by atoms with E-state index in [0.29, 0.717) is 5.92 Å². The molecule has 2 aliphatic rings. The van der Waals surface area contributed by atoms with E-state index in [9.17, 15) is 0 Å². The van der Waals surface area contributed by atoms with E-state index in [1.807, 2.05) is 0 Å². The second kappa shape index (κ2) is 5.25. The molecule has 3 heteroatoms. The van der Waals surface area contributed by atoms with Gasteiger partial charge in [-0.05, 0) is 72.0 Å². The van der Waals surface area contributed by atoms with Crippen LogP contribution in [-0.2, 0) is 9.31 Å². The number of hydrogen-bond acceptors (Lipinski definition) is 2. The molecule has 1 fully saturated rings. The molecule has 0 aromatic heterocycles. The Bertz CT molecular complexity index is 344. The molecule has 1 aliphatic carbocycles. The Hall–Kier alpha value is -0.275. The summed E-state index contributed by atoms with van der Waals surface area (Å²) in [4.78, 5) is 0. The second-order valence-electron chi connectivity index (χ2n) is 7.48. The van der Waals surface area contributed by atoms with Gasteiger partial charge in [0.25, 0.3) is 0 Å². The summed E-state index contributed by atoms with van der Waals surface area (Å²) in [5, 5.41) is 0. The third-order valence-corrected chi connectivity index (χ3v) is 5.35. The molecule has 0 bridgehead atoms. The van der Waals surface area contributed by atoms with Crippen LogP contribution in [0, 0.1) is 11.8 Å². The van der Waals surface area contributed by atoms with Gasteiger partial charge >= 0.3 is 7.12 Å². The van der Waals surface area contributed by atoms with Gasteiger partial charge in [0, 0.05) is 0 Å². The molecule has 2 atom stereocenters. The van der Waals surface area contributed by atoms with Crippen LogP contribution in [0.2, 0.25) is 6.32 Å². The van der Waals surface area contributed by atoms with E-state index in [1.165, 1.54) is 19.3 Å². The largest absolute Gasteiger partial charge is 0.458 e. The maximum Gasteiger partial charge on any atom is 0.458 e. The summed E-state index contributed by atoms with van der Waals surface area (Å²) in [6, 6.07) is 0. The van der Waals surface area contributed by atoms with Crippen molar-refractivity contribution in [3.63, 3.8) is 0 Å². The van der Waals surface area contributed by atoms with E-state index in [4.69, 9.17) is 9.31 Å². The fourth-order valence-corrected chi connectivity index (χ4v) is 3.06. The number of rotatable bonds is 3. The monoisotopic (exact) mass is 264 g/mol. The van der Waals surface area contributed by atoms with Gasteiger partial charge in [-0.1, -0.05) is 18.6 Å². The minimum atomic E-state index is -0.194. The fraction of sp³-hybridized carbons (Fsp3) is 0.875. The number of hydrogen-bond donors (Lipinski definition) is 0. The van der Waals surface area contributed by atoms with Crippen LogP contribution in [0.15, 0.2) is 11.6 Å². The summed E-state index contributed by atoms with van der Waals surface area (Å²) in [6.07, 6.45) is 7.24. The zero-order valence-electron chi connectivity index (χ0n) is 13.5. The first-order valence-electron chi connectivity index (χ1n) is 7.72. The van der Waals surface area contributed by atoms with Gasteiger partial charge in [0.2, 0.25) is 0 Å². The van der Waals surface area contributed by atoms with Crippen molar-refractivity contribution in [1.82, 2.24) is 0 Å². The van der Waals surface area contributed by atoms with E-state index >= 15 is 0 Å². The molecule has 1 saturated heterocycles. The van der Waals surface area contributed by atoms with Crippen LogP contribution in [0.1, 0.15) is 60.8 Å². The Balaban J connectivity index is 1.89. The molecule has 0 aromatic carbocycles. The Morgan fingerprint density at radius 2 is 1.84 bits per heavy atom. The normalized spacial score (nSPS) is 31.2. The lowest BCUT2D eigenvalue weighted by molar-refractivity contribution is 0.00578. The molecule has 0 spiro atoms. The topological polar surface area (TPSA) is 18.5 Å². The van der Waals surface area contributed by atoms with E-state index in [1.54, 1.807) is 5.57 Å². The average Bonchev–Trinajstić information content (AvgIpc) is 2.47. The first-order chi connectivity index (χ1) is 8.71. The van der Waals surface area contributed by atoms with Crippen molar-refractivity contribution in [1.29, 1.82) is 0 Å². The van der Waals surface area contributed by atoms with Crippen molar-refractivity contribution < 1.29 is 9.31 Å². The lowest BCUT2D eigenvalue weighted by atomic mass is 9.70. The van der Waals surface area contributed by atoms with Crippen LogP contribution in [0.4, 0.5) is 0 Å². The molecule has 1 heterocycles. The van der Waals surface area contributed by atoms with Gasteiger partial charge in [0.15, 0.2) is 0 Å². The quantitative estimate of drug-likeness (QED) is 0.553. The zero-order chi connectivity index (χ0) is 14.3. The highest BCUT2D eigenvalue weighted by Gasteiger charge is 2.51. The lowest BCUT2D eigenvalue weighted by Crippen LogP contribution is -2.41. The Morgan fingerprint density at radius 3 is 2.32 bits per heavy atom. The minimum Gasteiger partial charge on any atom is -0.403 e. The van der Waals surface area contributed by atoms with Crippen LogP contribution >= 0.6 is 0 Å². The zero-order valence-corrected chi connectivity index (χ0v) is 13.5. The lowest BCUT2D eigenvalue weighted by Gasteiger charge is -2.32. The van der Waals surface area contributed by atoms with Crippen LogP contribution in [-0.4, -0.2) is 18.3 Å². The molecule has 19 heavy (non-hydrogen) atoms. The van der Waals surface area contributed by atoms with E-state index in [0.717, 1.165) is 12.2 Å². The Kier molecular flexibility index (Phi) is 4.18. The summed E-state index contributed by atoms with van der Waals surface area (Å²) < 4.78 is 12.2. The molecular weight excluding hydrogens is 235 g/mol. The summed E-state index contributed by atoms with van der Waals surface area (Å²) in [6.45, 7) is 13.1. The summed E-state index contributed by atoms with van der Waals surface area (Å²) in [7, 11) is -0.0352. The van der Waals surface area contributed by atoms with Crippen LogP contribution < -0.4 is 0 Å². The molecule has 2 nitrogen and oxygen atoms in total. The van der Waals surface area contributed by atoms with Gasteiger partial charge in [-0.25, -0.2) is 0 Å². The van der Waals surface area contributed by atoms with Gasteiger partial charge in [-0.15, -0.1) is 0 Å². The molecule has 108 valence electrons. The molecule has 0 N–H and O–H groups in total. The molecule has 0 amide bonds. The maximum atomic E-state index is 6.11. The third-order valence-electron chi connectivity index (χ3n) is 5.35. The van der Waals surface area contributed by atoms with E-state index in [-0.39, 0.29) is 18.3 Å². The molecule has 1 aliphatic heterocycles. The summed E-state index contributed by atoms with van der Waals surface area (Å²) in [5.41, 5.74) is 1.17. The van der Waals surface area contributed by atoms with Gasteiger partial charge in [-0.3, -0.25) is 0 Å². The molecule has 0 saturated carbocycles. The van der Waals surface area contributed by atoms with E-state index < -0.39 is 0 Å². The molecule has 0 radical (unpaired) electrons. The van der Waals surface area contributed by atoms with Crippen molar-refractivity contribution in [3.8, 4) is 0 Å². The maximum absolute atomic E-state index is 6.11. The van der Waals surface area contributed by atoms with Crippen molar-refractivity contribution in [2.75, 3.05) is 0 Å². The average molecular weight is 264 g/mol. The highest BCUT2D eigenvalue weighted by molar-refractivity contribution is 6.45. The summed E-state index contributed by atoms with van der Waals surface area (Å²) in [5.74, 6) is 1.46. The highest BCUT2D eigenvalue weighted by atomic mass is 16.7. The van der Waals surface area contributed by atoms with Crippen molar-refractivity contribution in [3.05, 3.63) is 11.6 Å². The predicted molar refractivity (Wildman–Crippen MR) is 81.2 cm³/mol. The molecule has 2 unspecified atom stereocenters. The van der Waals surface area contributed by atoms with Gasteiger partial charge < -0.3 is 9.31 Å². The fourth-order valence-electron chi connectivity index (χ4n) is 3.06. The van der Waals surface area contributed by atoms with Crippen LogP contribution in [0.5, 0.6) is 0 Å². The SMILES string of the molecule is CC1=CCC(C(C)CB2OC(C)(C)C(C)(C)O2)CC1.